The summed E-state index contributed by atoms with van der Waals surface area (Å²) in [7, 11) is 1.71. The lowest BCUT2D eigenvalue weighted by atomic mass is 10.4. The van der Waals surface area contributed by atoms with E-state index >= 15 is 0 Å². The van der Waals surface area contributed by atoms with Crippen LogP contribution in [-0.2, 0) is 16.0 Å². The second kappa shape index (κ2) is 6.96. The van der Waals surface area contributed by atoms with Crippen LogP contribution in [-0.4, -0.2) is 60.5 Å². The van der Waals surface area contributed by atoms with E-state index in [0.717, 1.165) is 56.3 Å². The molecule has 0 unspecified atom stereocenters. The molecule has 0 aliphatic carbocycles. The highest BCUT2D eigenvalue weighted by molar-refractivity contribution is 7.99. The van der Waals surface area contributed by atoms with Gasteiger partial charge in [0.25, 0.3) is 0 Å². The molecule has 2 rings (SSSR count). The smallest absolute Gasteiger partial charge is 0.228 e. The summed E-state index contributed by atoms with van der Waals surface area (Å²) >= 11 is 1.69. The quantitative estimate of drug-likeness (QED) is 0.566. The molecule has 1 aliphatic rings. The lowest BCUT2D eigenvalue weighted by Crippen LogP contribution is -2.38. The Balaban J connectivity index is 2.05. The Bertz CT molecular complexity index is 366. The van der Waals surface area contributed by atoms with Gasteiger partial charge in [0.15, 0.2) is 5.16 Å². The number of anilines is 1. The fourth-order valence-electron chi connectivity index (χ4n) is 1.88. The molecule has 6 nitrogen and oxygen atoms in total. The number of methoxy groups -OCH3 is 1. The minimum atomic E-state index is 0.730. The van der Waals surface area contributed by atoms with E-state index in [1.54, 1.807) is 18.9 Å². The first-order valence-corrected chi connectivity index (χ1v) is 7.23. The van der Waals surface area contributed by atoms with Crippen LogP contribution >= 0.6 is 11.8 Å². The molecule has 1 aromatic rings. The standard InChI is InChI=1S/C11H20N4O2S/c1-3-15-10(14-4-6-17-7-5-14)12-13-11(15)18-9-8-16-2/h3-9H2,1-2H3. The largest absolute Gasteiger partial charge is 0.384 e. The van der Waals surface area contributed by atoms with E-state index in [1.165, 1.54) is 0 Å². The van der Waals surface area contributed by atoms with E-state index in [9.17, 15) is 0 Å². The van der Waals surface area contributed by atoms with Crippen LogP contribution in [0.1, 0.15) is 6.92 Å². The van der Waals surface area contributed by atoms with Gasteiger partial charge in [0.05, 0.1) is 19.8 Å². The van der Waals surface area contributed by atoms with E-state index in [-0.39, 0.29) is 0 Å². The van der Waals surface area contributed by atoms with E-state index in [4.69, 9.17) is 9.47 Å². The molecule has 1 fully saturated rings. The van der Waals surface area contributed by atoms with Gasteiger partial charge in [-0.3, -0.25) is 4.57 Å². The molecular formula is C11H20N4O2S. The number of hydrogen-bond acceptors (Lipinski definition) is 6. The summed E-state index contributed by atoms with van der Waals surface area (Å²) in [6, 6.07) is 0. The lowest BCUT2D eigenvalue weighted by Gasteiger charge is -2.27. The van der Waals surface area contributed by atoms with Crippen LogP contribution in [0.3, 0.4) is 0 Å². The summed E-state index contributed by atoms with van der Waals surface area (Å²) in [5.41, 5.74) is 0. The van der Waals surface area contributed by atoms with Gasteiger partial charge >= 0.3 is 0 Å². The van der Waals surface area contributed by atoms with Gasteiger partial charge in [-0.1, -0.05) is 11.8 Å². The molecule has 7 heteroatoms. The van der Waals surface area contributed by atoms with Crippen LogP contribution in [0.5, 0.6) is 0 Å². The number of morpholine rings is 1. The van der Waals surface area contributed by atoms with Gasteiger partial charge in [0.2, 0.25) is 5.95 Å². The number of ether oxygens (including phenoxy) is 2. The highest BCUT2D eigenvalue weighted by atomic mass is 32.2. The van der Waals surface area contributed by atoms with Crippen LogP contribution in [0.15, 0.2) is 5.16 Å². The molecule has 0 radical (unpaired) electrons. The van der Waals surface area contributed by atoms with Crippen molar-refractivity contribution in [2.45, 2.75) is 18.6 Å². The van der Waals surface area contributed by atoms with Crippen LogP contribution in [0.4, 0.5) is 5.95 Å². The second-order valence-electron chi connectivity index (χ2n) is 3.97. The maximum atomic E-state index is 5.36. The van der Waals surface area contributed by atoms with E-state index < -0.39 is 0 Å². The van der Waals surface area contributed by atoms with Crippen molar-refractivity contribution in [2.75, 3.05) is 50.7 Å². The van der Waals surface area contributed by atoms with Crippen molar-refractivity contribution in [3.05, 3.63) is 0 Å². The average Bonchev–Trinajstić information content (AvgIpc) is 2.83. The molecular weight excluding hydrogens is 252 g/mol. The first kappa shape index (κ1) is 13.6. The molecule has 102 valence electrons. The number of nitrogens with zero attached hydrogens (tertiary/aromatic N) is 4. The van der Waals surface area contributed by atoms with Crippen molar-refractivity contribution >= 4 is 17.7 Å². The number of thioether (sulfide) groups is 1. The first-order chi connectivity index (χ1) is 8.86. The third-order valence-electron chi connectivity index (χ3n) is 2.83. The molecule has 2 heterocycles. The van der Waals surface area contributed by atoms with Gasteiger partial charge in [-0.2, -0.15) is 0 Å². The normalized spacial score (nSPS) is 16.2. The molecule has 1 aromatic heterocycles. The Morgan fingerprint density at radius 2 is 2.11 bits per heavy atom. The molecule has 0 N–H and O–H groups in total. The fourth-order valence-corrected chi connectivity index (χ4v) is 2.78. The zero-order valence-electron chi connectivity index (χ0n) is 11.0. The molecule has 1 saturated heterocycles. The highest BCUT2D eigenvalue weighted by Crippen LogP contribution is 2.22. The summed E-state index contributed by atoms with van der Waals surface area (Å²) < 4.78 is 12.6. The topological polar surface area (TPSA) is 52.4 Å². The number of aromatic nitrogens is 3. The van der Waals surface area contributed by atoms with Crippen molar-refractivity contribution in [3.63, 3.8) is 0 Å². The lowest BCUT2D eigenvalue weighted by molar-refractivity contribution is 0.121. The van der Waals surface area contributed by atoms with Gasteiger partial charge in [0, 0.05) is 32.5 Å². The van der Waals surface area contributed by atoms with E-state index in [2.05, 4.69) is 26.6 Å². The van der Waals surface area contributed by atoms with Crippen molar-refractivity contribution in [1.82, 2.24) is 14.8 Å². The maximum absolute atomic E-state index is 5.36. The van der Waals surface area contributed by atoms with Crippen LogP contribution in [0.2, 0.25) is 0 Å². The van der Waals surface area contributed by atoms with Crippen LogP contribution in [0, 0.1) is 0 Å². The minimum absolute atomic E-state index is 0.730. The summed E-state index contributed by atoms with van der Waals surface area (Å²) in [5, 5.41) is 9.55. The van der Waals surface area contributed by atoms with E-state index in [1.807, 2.05) is 0 Å². The zero-order valence-corrected chi connectivity index (χ0v) is 11.8. The molecule has 0 amide bonds. The summed E-state index contributed by atoms with van der Waals surface area (Å²) in [4.78, 5) is 2.24. The van der Waals surface area contributed by atoms with Crippen molar-refractivity contribution in [1.29, 1.82) is 0 Å². The molecule has 0 saturated carbocycles. The van der Waals surface area contributed by atoms with Gasteiger partial charge < -0.3 is 14.4 Å². The Hall–Kier alpha value is -0.790. The van der Waals surface area contributed by atoms with Crippen LogP contribution in [0.25, 0.3) is 0 Å². The second-order valence-corrected chi connectivity index (χ2v) is 5.03. The van der Waals surface area contributed by atoms with Crippen molar-refractivity contribution in [2.24, 2.45) is 0 Å². The SMILES string of the molecule is CCn1c(SCCOC)nnc1N1CCOCC1. The Morgan fingerprint density at radius 1 is 1.33 bits per heavy atom. The van der Waals surface area contributed by atoms with Crippen LogP contribution < -0.4 is 4.90 Å². The predicted molar refractivity (Wildman–Crippen MR) is 71.3 cm³/mol. The summed E-state index contributed by atoms with van der Waals surface area (Å²) in [5.74, 6) is 1.86. The molecule has 0 aromatic carbocycles. The minimum Gasteiger partial charge on any atom is -0.384 e. The molecule has 18 heavy (non-hydrogen) atoms. The Morgan fingerprint density at radius 3 is 2.78 bits per heavy atom. The molecule has 0 bridgehead atoms. The number of rotatable bonds is 6. The number of hydrogen-bond donors (Lipinski definition) is 0. The van der Waals surface area contributed by atoms with Crippen molar-refractivity contribution < 1.29 is 9.47 Å². The Kier molecular flexibility index (Phi) is 5.27. The zero-order chi connectivity index (χ0) is 12.8. The first-order valence-electron chi connectivity index (χ1n) is 6.24. The van der Waals surface area contributed by atoms with Crippen molar-refractivity contribution in [3.8, 4) is 0 Å². The van der Waals surface area contributed by atoms with Gasteiger partial charge in [-0.15, -0.1) is 10.2 Å². The third kappa shape index (κ3) is 3.15. The fraction of sp³-hybridized carbons (Fsp3) is 0.818. The molecule has 0 spiro atoms. The summed E-state index contributed by atoms with van der Waals surface area (Å²) in [6.45, 7) is 7.05. The monoisotopic (exact) mass is 272 g/mol. The van der Waals surface area contributed by atoms with Gasteiger partial charge in [0.1, 0.15) is 0 Å². The highest BCUT2D eigenvalue weighted by Gasteiger charge is 2.19. The average molecular weight is 272 g/mol. The maximum Gasteiger partial charge on any atom is 0.228 e. The summed E-state index contributed by atoms with van der Waals surface area (Å²) in [6.07, 6.45) is 0. The third-order valence-corrected chi connectivity index (χ3v) is 3.76. The van der Waals surface area contributed by atoms with E-state index in [0.29, 0.717) is 0 Å². The van der Waals surface area contributed by atoms with Gasteiger partial charge in [-0.25, -0.2) is 0 Å². The predicted octanol–water partition coefficient (Wildman–Crippen LogP) is 0.873. The molecule has 1 aliphatic heterocycles. The Labute approximate surface area is 112 Å². The van der Waals surface area contributed by atoms with Gasteiger partial charge in [-0.05, 0) is 6.92 Å². The molecule has 0 atom stereocenters.